The largest absolute Gasteiger partial charge is 0.456 e. The molecule has 50 heavy (non-hydrogen) atoms. The molecule has 0 saturated heterocycles. The predicted octanol–water partition coefficient (Wildman–Crippen LogP) is 13.9. The normalized spacial score (nSPS) is 12.0. The molecular formula is C48H28O2. The summed E-state index contributed by atoms with van der Waals surface area (Å²) in [6.45, 7) is 0. The Bertz CT molecular complexity index is 3100. The first kappa shape index (κ1) is 27.3. The second-order valence-electron chi connectivity index (χ2n) is 13.2. The van der Waals surface area contributed by atoms with Gasteiger partial charge in [-0.2, -0.15) is 0 Å². The van der Waals surface area contributed by atoms with Crippen LogP contribution < -0.4 is 0 Å². The molecule has 2 aromatic heterocycles. The molecule has 0 atom stereocenters. The molecule has 0 aliphatic rings. The van der Waals surface area contributed by atoms with E-state index in [9.17, 15) is 0 Å². The number of hydrogen-bond donors (Lipinski definition) is 0. The summed E-state index contributed by atoms with van der Waals surface area (Å²) in [4.78, 5) is 0. The van der Waals surface area contributed by atoms with Crippen molar-refractivity contribution in [1.29, 1.82) is 0 Å². The van der Waals surface area contributed by atoms with Crippen molar-refractivity contribution in [2.24, 2.45) is 0 Å². The van der Waals surface area contributed by atoms with Gasteiger partial charge < -0.3 is 8.83 Å². The molecule has 0 saturated carbocycles. The Morgan fingerprint density at radius 1 is 0.280 bits per heavy atom. The van der Waals surface area contributed by atoms with Gasteiger partial charge in [0.1, 0.15) is 22.3 Å². The van der Waals surface area contributed by atoms with Crippen molar-refractivity contribution in [1.82, 2.24) is 0 Å². The zero-order valence-corrected chi connectivity index (χ0v) is 27.0. The van der Waals surface area contributed by atoms with Gasteiger partial charge in [-0.3, -0.25) is 0 Å². The summed E-state index contributed by atoms with van der Waals surface area (Å²) in [6, 6.07) is 61.1. The van der Waals surface area contributed by atoms with Crippen LogP contribution in [0, 0.1) is 0 Å². The maximum Gasteiger partial charge on any atom is 0.147 e. The van der Waals surface area contributed by atoms with Crippen LogP contribution >= 0.6 is 0 Å². The minimum absolute atomic E-state index is 0.844. The highest BCUT2D eigenvalue weighted by Crippen LogP contribution is 2.45. The van der Waals surface area contributed by atoms with E-state index in [0.29, 0.717) is 0 Å². The number of para-hydroxylation sites is 1. The Morgan fingerprint density at radius 2 is 0.840 bits per heavy atom. The smallest absolute Gasteiger partial charge is 0.147 e. The minimum Gasteiger partial charge on any atom is -0.456 e. The highest BCUT2D eigenvalue weighted by molar-refractivity contribution is 6.23. The van der Waals surface area contributed by atoms with E-state index in [4.69, 9.17) is 8.83 Å². The van der Waals surface area contributed by atoms with Gasteiger partial charge in [0.25, 0.3) is 0 Å². The number of benzene rings is 9. The molecule has 0 aliphatic carbocycles. The lowest BCUT2D eigenvalue weighted by Crippen LogP contribution is -1.91. The molecule has 0 unspecified atom stereocenters. The molecule has 11 aromatic rings. The summed E-state index contributed by atoms with van der Waals surface area (Å²) in [5.41, 5.74) is 10.7. The van der Waals surface area contributed by atoms with Gasteiger partial charge in [0.2, 0.25) is 0 Å². The van der Waals surface area contributed by atoms with Crippen LogP contribution in [0.25, 0.3) is 110 Å². The Labute approximate surface area is 287 Å². The zero-order valence-electron chi connectivity index (χ0n) is 27.0. The van der Waals surface area contributed by atoms with E-state index in [2.05, 4.69) is 152 Å². The fourth-order valence-electron chi connectivity index (χ4n) is 8.17. The van der Waals surface area contributed by atoms with Crippen molar-refractivity contribution >= 4 is 76.2 Å². The van der Waals surface area contributed by atoms with Gasteiger partial charge >= 0.3 is 0 Å². The quantitative estimate of drug-likeness (QED) is 0.180. The lowest BCUT2D eigenvalue weighted by Gasteiger charge is -2.18. The highest BCUT2D eigenvalue weighted by Gasteiger charge is 2.19. The number of hydrogen-bond acceptors (Lipinski definition) is 2. The predicted molar refractivity (Wildman–Crippen MR) is 210 cm³/mol. The SMILES string of the molecule is c1cc(-c2ccc3oc4c(ccc5oc6ccccc6c54)c3c2)cc(-c2c3ccccc3c(-c3ccc4ccccc4c3)c3ccccc23)c1. The standard InChI is InChI=1S/C48H28O2/c1-2-11-30-26-34(21-20-29(30)10-1)46-37-16-5-3-14-35(37)45(36-15-4-6-17-38(36)46)33-13-9-12-31(27-33)32-22-24-43-41(28-32)39-23-25-44-47(48(39)50-43)40-18-7-8-19-42(40)49-44/h1-28H. The molecule has 0 bridgehead atoms. The van der Waals surface area contributed by atoms with E-state index in [-0.39, 0.29) is 0 Å². The van der Waals surface area contributed by atoms with E-state index in [0.717, 1.165) is 49.4 Å². The Kier molecular flexibility index (Phi) is 5.70. The van der Waals surface area contributed by atoms with Crippen molar-refractivity contribution in [3.05, 3.63) is 170 Å². The van der Waals surface area contributed by atoms with Gasteiger partial charge in [0.05, 0.1) is 5.39 Å². The maximum absolute atomic E-state index is 6.52. The number of rotatable bonds is 3. The molecular weight excluding hydrogens is 609 g/mol. The van der Waals surface area contributed by atoms with Crippen LogP contribution in [0.4, 0.5) is 0 Å². The Balaban J connectivity index is 1.11. The average Bonchev–Trinajstić information content (AvgIpc) is 3.75. The lowest BCUT2D eigenvalue weighted by atomic mass is 9.85. The number of fused-ring (bicyclic) bond motifs is 10. The summed E-state index contributed by atoms with van der Waals surface area (Å²) < 4.78 is 12.7. The fourth-order valence-corrected chi connectivity index (χ4v) is 8.17. The van der Waals surface area contributed by atoms with Gasteiger partial charge in [-0.25, -0.2) is 0 Å². The molecule has 0 fully saturated rings. The summed E-state index contributed by atoms with van der Waals surface area (Å²) in [5.74, 6) is 0. The van der Waals surface area contributed by atoms with Crippen molar-refractivity contribution in [2.75, 3.05) is 0 Å². The molecule has 2 nitrogen and oxygen atoms in total. The highest BCUT2D eigenvalue weighted by atomic mass is 16.3. The van der Waals surface area contributed by atoms with Crippen molar-refractivity contribution < 1.29 is 8.83 Å². The summed E-state index contributed by atoms with van der Waals surface area (Å²) in [6.07, 6.45) is 0. The molecule has 2 heterocycles. The van der Waals surface area contributed by atoms with Gasteiger partial charge in [-0.05, 0) is 108 Å². The average molecular weight is 637 g/mol. The minimum atomic E-state index is 0.844. The third-order valence-corrected chi connectivity index (χ3v) is 10.4. The fraction of sp³-hybridized carbons (Fsp3) is 0. The van der Waals surface area contributed by atoms with Gasteiger partial charge in [-0.1, -0.05) is 127 Å². The number of furan rings is 2. The molecule has 9 aromatic carbocycles. The van der Waals surface area contributed by atoms with Crippen molar-refractivity contribution in [3.8, 4) is 33.4 Å². The molecule has 2 heteroatoms. The first-order chi connectivity index (χ1) is 24.8. The van der Waals surface area contributed by atoms with E-state index >= 15 is 0 Å². The van der Waals surface area contributed by atoms with Crippen LogP contribution in [0.15, 0.2) is 179 Å². The molecule has 0 N–H and O–H groups in total. The first-order valence-corrected chi connectivity index (χ1v) is 17.1. The van der Waals surface area contributed by atoms with Crippen LogP contribution in [0.2, 0.25) is 0 Å². The van der Waals surface area contributed by atoms with E-state index in [1.54, 1.807) is 0 Å². The van der Waals surface area contributed by atoms with Gasteiger partial charge in [-0.15, -0.1) is 0 Å². The topological polar surface area (TPSA) is 26.3 Å². The zero-order chi connectivity index (χ0) is 32.8. The molecule has 232 valence electrons. The molecule has 0 aliphatic heterocycles. The van der Waals surface area contributed by atoms with Crippen LogP contribution in [-0.2, 0) is 0 Å². The monoisotopic (exact) mass is 636 g/mol. The van der Waals surface area contributed by atoms with E-state index in [1.165, 1.54) is 60.1 Å². The lowest BCUT2D eigenvalue weighted by molar-refractivity contribution is 0.663. The van der Waals surface area contributed by atoms with Gasteiger partial charge in [0.15, 0.2) is 0 Å². The molecule has 11 rings (SSSR count). The van der Waals surface area contributed by atoms with Crippen molar-refractivity contribution in [3.63, 3.8) is 0 Å². The van der Waals surface area contributed by atoms with Crippen LogP contribution in [-0.4, -0.2) is 0 Å². The third kappa shape index (κ3) is 3.96. The Hall–Kier alpha value is -6.64. The molecule has 0 radical (unpaired) electrons. The second-order valence-corrected chi connectivity index (χ2v) is 13.2. The van der Waals surface area contributed by atoms with Crippen molar-refractivity contribution in [2.45, 2.75) is 0 Å². The van der Waals surface area contributed by atoms with E-state index < -0.39 is 0 Å². The van der Waals surface area contributed by atoms with Gasteiger partial charge in [0, 0.05) is 16.2 Å². The maximum atomic E-state index is 6.52. The second kappa shape index (κ2) is 10.4. The van der Waals surface area contributed by atoms with Crippen LogP contribution in [0.5, 0.6) is 0 Å². The summed E-state index contributed by atoms with van der Waals surface area (Å²) in [7, 11) is 0. The Morgan fingerprint density at radius 3 is 1.60 bits per heavy atom. The van der Waals surface area contributed by atoms with E-state index in [1.807, 2.05) is 18.2 Å². The van der Waals surface area contributed by atoms with Crippen LogP contribution in [0.3, 0.4) is 0 Å². The molecule has 0 spiro atoms. The first-order valence-electron chi connectivity index (χ1n) is 17.1. The summed E-state index contributed by atoms with van der Waals surface area (Å²) >= 11 is 0. The molecule has 0 amide bonds. The summed E-state index contributed by atoms with van der Waals surface area (Å²) in [5, 5.41) is 11.8. The third-order valence-electron chi connectivity index (χ3n) is 10.4. The van der Waals surface area contributed by atoms with Crippen LogP contribution in [0.1, 0.15) is 0 Å².